The molecule has 0 atom stereocenters. The van der Waals surface area contributed by atoms with Crippen LogP contribution < -0.4 is 4.74 Å². The third-order valence-corrected chi connectivity index (χ3v) is 2.98. The average molecular weight is 277 g/mol. The summed E-state index contributed by atoms with van der Waals surface area (Å²) in [5.74, 6) is 0.496. The van der Waals surface area contributed by atoms with Gasteiger partial charge < -0.3 is 4.74 Å². The maximum absolute atomic E-state index is 11.1. The van der Waals surface area contributed by atoms with Crippen LogP contribution in [0.4, 0.5) is 0 Å². The second kappa shape index (κ2) is 4.11. The lowest BCUT2D eigenvalue weighted by Gasteiger charge is -2.03. The Morgan fingerprint density at radius 1 is 1.47 bits per heavy atom. The Morgan fingerprint density at radius 2 is 2.18 bits per heavy atom. The smallest absolute Gasteiger partial charge is 0.298 e. The maximum atomic E-state index is 11.1. The molecule has 0 radical (unpaired) electrons. The molecule has 17 heavy (non-hydrogen) atoms. The van der Waals surface area contributed by atoms with Gasteiger partial charge in [0.1, 0.15) is 0 Å². The van der Waals surface area contributed by atoms with Crippen molar-refractivity contribution in [2.45, 2.75) is 19.0 Å². The molecule has 2 heterocycles. The van der Waals surface area contributed by atoms with Crippen LogP contribution in [0.5, 0.6) is 5.88 Å². The van der Waals surface area contributed by atoms with Gasteiger partial charge in [-0.1, -0.05) is 0 Å². The van der Waals surface area contributed by atoms with Crippen LogP contribution in [0, 0.1) is 6.92 Å². The molecule has 0 aliphatic rings. The van der Waals surface area contributed by atoms with Gasteiger partial charge in [-0.05, 0) is 13.8 Å². The van der Waals surface area contributed by atoms with Gasteiger partial charge in [-0.2, -0.15) is 9.97 Å². The minimum Gasteiger partial charge on any atom is -0.478 e. The lowest BCUT2D eigenvalue weighted by Crippen LogP contribution is -2.01. The largest absolute Gasteiger partial charge is 0.478 e. The highest BCUT2D eigenvalue weighted by Gasteiger charge is 2.19. The summed E-state index contributed by atoms with van der Waals surface area (Å²) < 4.78 is 28.7. The number of hydrogen-bond donors (Lipinski definition) is 0. The average Bonchev–Trinajstić information content (AvgIpc) is 2.61. The summed E-state index contributed by atoms with van der Waals surface area (Å²) in [6.07, 6.45) is 0. The molecule has 92 valence electrons. The van der Waals surface area contributed by atoms with Gasteiger partial charge in [0.25, 0.3) is 20.0 Å². The molecule has 0 saturated heterocycles. The molecule has 9 heteroatoms. The van der Waals surface area contributed by atoms with Crippen molar-refractivity contribution < 1.29 is 13.2 Å². The van der Waals surface area contributed by atoms with Crippen LogP contribution in [0.3, 0.4) is 0 Å². The van der Waals surface area contributed by atoms with E-state index in [4.69, 9.17) is 15.4 Å². The zero-order valence-electron chi connectivity index (χ0n) is 9.08. The molecule has 0 aliphatic heterocycles. The first-order valence-electron chi connectivity index (χ1n) is 4.73. The molecule has 0 saturated carbocycles. The third-order valence-electron chi connectivity index (χ3n) is 1.96. The van der Waals surface area contributed by atoms with Gasteiger partial charge >= 0.3 is 0 Å². The highest BCUT2D eigenvalue weighted by atomic mass is 35.7. The Kier molecular flexibility index (Phi) is 2.92. The molecule has 0 fully saturated rings. The topological polar surface area (TPSA) is 86.5 Å². The lowest BCUT2D eigenvalue weighted by atomic mass is 10.4. The summed E-state index contributed by atoms with van der Waals surface area (Å²) >= 11 is 0. The SMILES string of the molecule is CCOc1cc(C)n2nc(S(=O)(=O)Cl)nc2n1. The zero-order valence-corrected chi connectivity index (χ0v) is 10.7. The Bertz CT molecular complexity index is 667. The molecule has 2 rings (SSSR count). The monoisotopic (exact) mass is 276 g/mol. The summed E-state index contributed by atoms with van der Waals surface area (Å²) in [6, 6.07) is 1.63. The number of nitrogens with zero attached hydrogens (tertiary/aromatic N) is 4. The molecule has 0 spiro atoms. The molecule has 7 nitrogen and oxygen atoms in total. The molecule has 0 aromatic carbocycles. The number of halogens is 1. The normalized spacial score (nSPS) is 11.9. The minimum absolute atomic E-state index is 0.132. The third kappa shape index (κ3) is 2.32. The zero-order chi connectivity index (χ0) is 12.6. The van der Waals surface area contributed by atoms with Crippen LogP contribution in [0.15, 0.2) is 11.2 Å². The van der Waals surface area contributed by atoms with E-state index < -0.39 is 14.2 Å². The number of ether oxygens (including phenoxy) is 1. The number of fused-ring (bicyclic) bond motifs is 1. The van der Waals surface area contributed by atoms with Gasteiger partial charge in [0.05, 0.1) is 6.61 Å². The van der Waals surface area contributed by atoms with Crippen LogP contribution in [0.2, 0.25) is 0 Å². The molecule has 0 unspecified atom stereocenters. The standard InChI is InChI=1S/C8H9ClN4O3S/c1-3-16-6-4-5(2)13-7(10-6)11-8(12-13)17(9,14)15/h4H,3H2,1-2H3. The van der Waals surface area contributed by atoms with Crippen molar-refractivity contribution in [2.24, 2.45) is 0 Å². The predicted molar refractivity (Wildman–Crippen MR) is 59.7 cm³/mol. The van der Waals surface area contributed by atoms with E-state index in [1.165, 1.54) is 4.52 Å². The van der Waals surface area contributed by atoms with Crippen LogP contribution in [0.1, 0.15) is 12.6 Å². The summed E-state index contributed by atoms with van der Waals surface area (Å²) in [6.45, 7) is 4.01. The number of aryl methyl sites for hydroxylation is 1. The first-order chi connectivity index (χ1) is 7.91. The predicted octanol–water partition coefficient (Wildman–Crippen LogP) is 0.759. The van der Waals surface area contributed by atoms with Gasteiger partial charge in [0.2, 0.25) is 5.88 Å². The van der Waals surface area contributed by atoms with Gasteiger partial charge in [0.15, 0.2) is 0 Å². The number of aromatic nitrogens is 4. The molecular formula is C8H9ClN4O3S. The summed E-state index contributed by atoms with van der Waals surface area (Å²) in [4.78, 5) is 7.73. The van der Waals surface area contributed by atoms with Gasteiger partial charge in [-0.15, -0.1) is 5.10 Å². The number of hydrogen-bond acceptors (Lipinski definition) is 6. The molecule has 2 aromatic rings. The highest BCUT2D eigenvalue weighted by molar-refractivity contribution is 8.13. The fraction of sp³-hybridized carbons (Fsp3) is 0.375. The summed E-state index contributed by atoms with van der Waals surface area (Å²) in [5.41, 5.74) is 0.650. The van der Waals surface area contributed by atoms with Crippen molar-refractivity contribution in [2.75, 3.05) is 6.61 Å². The van der Waals surface area contributed by atoms with Crippen LogP contribution >= 0.6 is 10.7 Å². The van der Waals surface area contributed by atoms with Crippen LogP contribution in [-0.2, 0) is 9.05 Å². The lowest BCUT2D eigenvalue weighted by molar-refractivity contribution is 0.326. The Hall–Kier alpha value is -1.41. The molecule has 0 bridgehead atoms. The van der Waals surface area contributed by atoms with Gasteiger partial charge in [-0.3, -0.25) is 0 Å². The second-order valence-corrected chi connectivity index (χ2v) is 5.67. The van der Waals surface area contributed by atoms with Gasteiger partial charge in [-0.25, -0.2) is 12.9 Å². The molecular weight excluding hydrogens is 268 g/mol. The van der Waals surface area contributed by atoms with Crippen LogP contribution in [-0.4, -0.2) is 34.6 Å². The maximum Gasteiger partial charge on any atom is 0.298 e. The minimum atomic E-state index is -3.96. The van der Waals surface area contributed by atoms with Crippen molar-refractivity contribution in [3.8, 4) is 5.88 Å². The quantitative estimate of drug-likeness (QED) is 0.769. The van der Waals surface area contributed by atoms with Crippen molar-refractivity contribution in [1.82, 2.24) is 19.6 Å². The number of rotatable bonds is 3. The van der Waals surface area contributed by atoms with Crippen LogP contribution in [0.25, 0.3) is 5.78 Å². The Balaban J connectivity index is 2.65. The Morgan fingerprint density at radius 3 is 2.76 bits per heavy atom. The van der Waals surface area contributed by atoms with E-state index in [0.29, 0.717) is 18.2 Å². The Labute approximate surface area is 102 Å². The molecule has 0 aliphatic carbocycles. The molecule has 0 amide bonds. The highest BCUT2D eigenvalue weighted by Crippen LogP contribution is 2.15. The van der Waals surface area contributed by atoms with E-state index in [-0.39, 0.29) is 5.78 Å². The fourth-order valence-electron chi connectivity index (χ4n) is 1.29. The van der Waals surface area contributed by atoms with E-state index in [1.54, 1.807) is 13.0 Å². The van der Waals surface area contributed by atoms with Crippen molar-refractivity contribution in [3.63, 3.8) is 0 Å². The summed E-state index contributed by atoms with van der Waals surface area (Å²) in [7, 11) is 1.20. The van der Waals surface area contributed by atoms with E-state index >= 15 is 0 Å². The van der Waals surface area contributed by atoms with Gasteiger partial charge in [0, 0.05) is 22.4 Å². The summed E-state index contributed by atoms with van der Waals surface area (Å²) in [5, 5.41) is 3.28. The van der Waals surface area contributed by atoms with E-state index in [1.807, 2.05) is 6.92 Å². The first-order valence-corrected chi connectivity index (χ1v) is 7.04. The van der Waals surface area contributed by atoms with Crippen molar-refractivity contribution in [3.05, 3.63) is 11.8 Å². The van der Waals surface area contributed by atoms with E-state index in [2.05, 4.69) is 15.1 Å². The van der Waals surface area contributed by atoms with Crippen molar-refractivity contribution in [1.29, 1.82) is 0 Å². The first kappa shape index (κ1) is 12.1. The van der Waals surface area contributed by atoms with Crippen molar-refractivity contribution >= 4 is 25.5 Å². The van der Waals surface area contributed by atoms with E-state index in [9.17, 15) is 8.42 Å². The molecule has 2 aromatic heterocycles. The second-order valence-electron chi connectivity index (χ2n) is 3.21. The fourth-order valence-corrected chi connectivity index (χ4v) is 1.86. The van der Waals surface area contributed by atoms with E-state index in [0.717, 1.165) is 0 Å². The molecule has 0 N–H and O–H groups in total.